The molecule has 6 heteroatoms. The maximum Gasteiger partial charge on any atom is 0.252 e. The molecule has 0 aromatic heterocycles. The van der Waals surface area contributed by atoms with E-state index in [0.29, 0.717) is 17.0 Å². The Morgan fingerprint density at radius 3 is 2.67 bits per heavy atom. The summed E-state index contributed by atoms with van der Waals surface area (Å²) in [5, 5.41) is 2.58. The number of likely N-dealkylation sites (N-methyl/N-ethyl adjacent to an activating group) is 1. The zero-order valence-electron chi connectivity index (χ0n) is 10.2. The molecule has 0 bridgehead atoms. The Hall–Kier alpha value is -1.01. The lowest BCUT2D eigenvalue weighted by Gasteiger charge is -2.15. The van der Waals surface area contributed by atoms with Gasteiger partial charge in [0, 0.05) is 23.0 Å². The monoisotopic (exact) mass is 330 g/mol. The van der Waals surface area contributed by atoms with E-state index in [0.717, 1.165) is 4.47 Å². The molecule has 0 saturated heterocycles. The van der Waals surface area contributed by atoms with Crippen LogP contribution in [0.4, 0.5) is 0 Å². The van der Waals surface area contributed by atoms with Gasteiger partial charge in [-0.3, -0.25) is 9.59 Å². The molecule has 0 fully saturated rings. The van der Waals surface area contributed by atoms with E-state index in [9.17, 15) is 9.59 Å². The molecule has 1 aromatic carbocycles. The molecule has 0 heterocycles. The molecule has 0 spiro atoms. The highest BCUT2D eigenvalue weighted by Crippen LogP contribution is 2.19. The summed E-state index contributed by atoms with van der Waals surface area (Å²) in [5.74, 6) is -0.422. The summed E-state index contributed by atoms with van der Waals surface area (Å²) >= 11 is 7.52. The molecule has 0 aliphatic carbocycles. The fraction of sp³-hybridized carbons (Fsp3) is 0.333. The third-order valence-corrected chi connectivity index (χ3v) is 3.37. The first-order valence-corrected chi connectivity index (χ1v) is 6.70. The Morgan fingerprint density at radius 1 is 1.44 bits per heavy atom. The number of carbonyl (C=O) groups excluding carboxylic acids is 2. The molecule has 4 nitrogen and oxygen atoms in total. The van der Waals surface area contributed by atoms with Gasteiger partial charge in [-0.1, -0.05) is 15.9 Å². The fourth-order valence-electron chi connectivity index (χ4n) is 1.26. The van der Waals surface area contributed by atoms with E-state index in [2.05, 4.69) is 33.9 Å². The Kier molecular flexibility index (Phi) is 5.68. The molecular weight excluding hydrogens is 316 g/mol. The average molecular weight is 331 g/mol. The van der Waals surface area contributed by atoms with Crippen molar-refractivity contribution in [3.8, 4) is 0 Å². The molecular formula is C12H15BrN2O2S. The first-order chi connectivity index (χ1) is 8.45. The molecule has 0 aliphatic heterocycles. The lowest BCUT2D eigenvalue weighted by atomic mass is 10.2. The Balaban J connectivity index is 2.63. The van der Waals surface area contributed by atoms with Gasteiger partial charge < -0.3 is 10.2 Å². The van der Waals surface area contributed by atoms with Gasteiger partial charge in [0.05, 0.1) is 12.1 Å². The number of benzene rings is 1. The quantitative estimate of drug-likeness (QED) is 0.829. The van der Waals surface area contributed by atoms with Gasteiger partial charge in [-0.05, 0) is 25.1 Å². The molecule has 0 atom stereocenters. The van der Waals surface area contributed by atoms with Crippen molar-refractivity contribution in [1.29, 1.82) is 0 Å². The Bertz CT molecular complexity index is 465. The van der Waals surface area contributed by atoms with Crippen molar-refractivity contribution >= 4 is 40.4 Å². The molecule has 1 aromatic rings. The number of halogens is 1. The predicted molar refractivity (Wildman–Crippen MR) is 77.0 cm³/mol. The van der Waals surface area contributed by atoms with Gasteiger partial charge in [-0.25, -0.2) is 0 Å². The smallest absolute Gasteiger partial charge is 0.252 e. The van der Waals surface area contributed by atoms with E-state index in [1.807, 2.05) is 6.92 Å². The molecule has 2 amide bonds. The maximum absolute atomic E-state index is 11.8. The zero-order chi connectivity index (χ0) is 13.7. The molecule has 1 N–H and O–H groups in total. The second-order valence-electron chi connectivity index (χ2n) is 3.75. The number of amides is 2. The van der Waals surface area contributed by atoms with Crippen LogP contribution >= 0.6 is 28.6 Å². The second-order valence-corrected chi connectivity index (χ2v) is 5.15. The van der Waals surface area contributed by atoms with Crippen LogP contribution in [0.15, 0.2) is 27.6 Å². The van der Waals surface area contributed by atoms with Crippen molar-refractivity contribution in [3.63, 3.8) is 0 Å². The van der Waals surface area contributed by atoms with Crippen LogP contribution in [0.2, 0.25) is 0 Å². The molecule has 0 unspecified atom stereocenters. The van der Waals surface area contributed by atoms with E-state index < -0.39 is 0 Å². The summed E-state index contributed by atoms with van der Waals surface area (Å²) in [7, 11) is 1.69. The first-order valence-electron chi connectivity index (χ1n) is 5.46. The Labute approximate surface area is 120 Å². The summed E-state index contributed by atoms with van der Waals surface area (Å²) < 4.78 is 0.853. The third-order valence-electron chi connectivity index (χ3n) is 2.50. The van der Waals surface area contributed by atoms with Crippen molar-refractivity contribution in [2.45, 2.75) is 11.8 Å². The standard InChI is InChI=1S/C12H15BrN2O2S/c1-3-15(2)11(16)7-14-12(17)9-5-4-8(13)6-10(9)18/h4-6,18H,3,7H2,1-2H3,(H,14,17). The minimum Gasteiger partial charge on any atom is -0.345 e. The number of rotatable bonds is 4. The van der Waals surface area contributed by atoms with Gasteiger partial charge in [0.25, 0.3) is 5.91 Å². The van der Waals surface area contributed by atoms with E-state index in [1.165, 1.54) is 0 Å². The minimum absolute atomic E-state index is 0.00749. The van der Waals surface area contributed by atoms with Crippen LogP contribution in [0.25, 0.3) is 0 Å². The number of hydrogen-bond acceptors (Lipinski definition) is 3. The van der Waals surface area contributed by atoms with Crippen LogP contribution in [0.5, 0.6) is 0 Å². The summed E-state index contributed by atoms with van der Waals surface area (Å²) in [6, 6.07) is 5.16. The lowest BCUT2D eigenvalue weighted by molar-refractivity contribution is -0.128. The van der Waals surface area contributed by atoms with Crippen molar-refractivity contribution in [2.24, 2.45) is 0 Å². The molecule has 98 valence electrons. The fourth-order valence-corrected chi connectivity index (χ4v) is 2.11. The number of nitrogens with one attached hydrogen (secondary N) is 1. The van der Waals surface area contributed by atoms with Crippen molar-refractivity contribution in [1.82, 2.24) is 10.2 Å². The van der Waals surface area contributed by atoms with Gasteiger partial charge in [0.15, 0.2) is 0 Å². The Morgan fingerprint density at radius 2 is 2.11 bits per heavy atom. The highest BCUT2D eigenvalue weighted by molar-refractivity contribution is 9.10. The van der Waals surface area contributed by atoms with Crippen LogP contribution in [-0.4, -0.2) is 36.9 Å². The van der Waals surface area contributed by atoms with Gasteiger partial charge in [0.2, 0.25) is 5.91 Å². The first kappa shape index (κ1) is 15.0. The molecule has 0 aliphatic rings. The summed E-state index contributed by atoms with van der Waals surface area (Å²) in [4.78, 5) is 25.5. The molecule has 0 saturated carbocycles. The van der Waals surface area contributed by atoms with E-state index in [4.69, 9.17) is 0 Å². The number of hydrogen-bond donors (Lipinski definition) is 2. The van der Waals surface area contributed by atoms with Crippen LogP contribution in [-0.2, 0) is 4.79 Å². The summed E-state index contributed by atoms with van der Waals surface area (Å²) in [6.07, 6.45) is 0. The largest absolute Gasteiger partial charge is 0.345 e. The third kappa shape index (κ3) is 4.03. The summed E-state index contributed by atoms with van der Waals surface area (Å²) in [6.45, 7) is 2.48. The van der Waals surface area contributed by atoms with Crippen LogP contribution in [0.3, 0.4) is 0 Å². The van der Waals surface area contributed by atoms with Crippen molar-refractivity contribution in [3.05, 3.63) is 28.2 Å². The SMILES string of the molecule is CCN(C)C(=O)CNC(=O)c1ccc(Br)cc1S. The highest BCUT2D eigenvalue weighted by atomic mass is 79.9. The van der Waals surface area contributed by atoms with Gasteiger partial charge in [0.1, 0.15) is 0 Å². The lowest BCUT2D eigenvalue weighted by Crippen LogP contribution is -2.38. The van der Waals surface area contributed by atoms with Crippen molar-refractivity contribution in [2.75, 3.05) is 20.1 Å². The van der Waals surface area contributed by atoms with Gasteiger partial charge in [-0.2, -0.15) is 0 Å². The molecule has 0 radical (unpaired) electrons. The number of nitrogens with zero attached hydrogens (tertiary/aromatic N) is 1. The minimum atomic E-state index is -0.301. The van der Waals surface area contributed by atoms with Crippen LogP contribution in [0.1, 0.15) is 17.3 Å². The van der Waals surface area contributed by atoms with E-state index >= 15 is 0 Å². The number of thiol groups is 1. The second kappa shape index (κ2) is 6.80. The summed E-state index contributed by atoms with van der Waals surface area (Å²) in [5.41, 5.74) is 0.452. The van der Waals surface area contributed by atoms with E-state index in [-0.39, 0.29) is 18.4 Å². The maximum atomic E-state index is 11.8. The molecule has 1 rings (SSSR count). The normalized spacial score (nSPS) is 10.0. The number of carbonyl (C=O) groups is 2. The average Bonchev–Trinajstić information content (AvgIpc) is 2.34. The van der Waals surface area contributed by atoms with Gasteiger partial charge >= 0.3 is 0 Å². The topological polar surface area (TPSA) is 49.4 Å². The van der Waals surface area contributed by atoms with Gasteiger partial charge in [-0.15, -0.1) is 12.6 Å². The predicted octanol–water partition coefficient (Wildman–Crippen LogP) is 1.95. The van der Waals surface area contributed by atoms with Crippen LogP contribution in [0, 0.1) is 0 Å². The van der Waals surface area contributed by atoms with Crippen molar-refractivity contribution < 1.29 is 9.59 Å². The molecule has 18 heavy (non-hydrogen) atoms. The van der Waals surface area contributed by atoms with Crippen LogP contribution < -0.4 is 5.32 Å². The van der Waals surface area contributed by atoms with E-state index in [1.54, 1.807) is 30.1 Å². The zero-order valence-corrected chi connectivity index (χ0v) is 12.7. The highest BCUT2D eigenvalue weighted by Gasteiger charge is 2.12.